The van der Waals surface area contributed by atoms with Gasteiger partial charge in [0.1, 0.15) is 5.76 Å². The first-order valence-corrected chi connectivity index (χ1v) is 8.07. The summed E-state index contributed by atoms with van der Waals surface area (Å²) >= 11 is 5.84. The molecular formula is C19H13ClO4. The fraction of sp³-hybridized carbons (Fsp3) is 0.211. The number of carbonyl (C=O) groups excluding carboxylic acids is 3. The lowest BCUT2D eigenvalue weighted by molar-refractivity contribution is -0.118. The van der Waals surface area contributed by atoms with Crippen LogP contribution in [-0.4, -0.2) is 17.3 Å². The first-order chi connectivity index (χ1) is 11.4. The Bertz CT molecular complexity index is 975. The number of hydrogen-bond donors (Lipinski definition) is 0. The zero-order chi connectivity index (χ0) is 17.2. The number of halogens is 1. The number of ketones is 3. The van der Waals surface area contributed by atoms with Gasteiger partial charge < -0.3 is 4.42 Å². The van der Waals surface area contributed by atoms with Crippen LogP contribution in [-0.2, 0) is 16.1 Å². The van der Waals surface area contributed by atoms with Gasteiger partial charge in [0, 0.05) is 16.7 Å². The van der Waals surface area contributed by atoms with E-state index in [1.807, 2.05) is 19.9 Å². The largest absolute Gasteiger partial charge is 0.463 e. The summed E-state index contributed by atoms with van der Waals surface area (Å²) in [7, 11) is 0. The molecule has 1 aromatic carbocycles. The molecule has 0 amide bonds. The minimum atomic E-state index is -0.743. The van der Waals surface area contributed by atoms with Gasteiger partial charge in [-0.05, 0) is 31.1 Å². The van der Waals surface area contributed by atoms with Gasteiger partial charge in [-0.1, -0.05) is 18.2 Å². The van der Waals surface area contributed by atoms with Gasteiger partial charge in [0.2, 0.25) is 11.6 Å². The Labute approximate surface area is 143 Å². The summed E-state index contributed by atoms with van der Waals surface area (Å²) in [5.74, 6) is -0.765. The van der Waals surface area contributed by atoms with E-state index < -0.39 is 17.0 Å². The molecule has 24 heavy (non-hydrogen) atoms. The van der Waals surface area contributed by atoms with E-state index in [1.165, 1.54) is 12.3 Å². The highest BCUT2D eigenvalue weighted by Gasteiger charge is 2.41. The molecule has 5 heteroatoms. The summed E-state index contributed by atoms with van der Waals surface area (Å²) in [4.78, 5) is 37.5. The molecule has 1 aromatic heterocycles. The van der Waals surface area contributed by atoms with Crippen LogP contribution in [0.5, 0.6) is 0 Å². The van der Waals surface area contributed by atoms with E-state index in [1.54, 1.807) is 12.1 Å². The van der Waals surface area contributed by atoms with Crippen molar-refractivity contribution in [3.8, 4) is 11.3 Å². The number of rotatable bonds is 1. The minimum Gasteiger partial charge on any atom is -0.463 e. The number of fused-ring (bicyclic) bond motifs is 5. The Hall–Kier alpha value is -2.46. The second kappa shape index (κ2) is 4.77. The first kappa shape index (κ1) is 15.1. The highest BCUT2D eigenvalue weighted by Crippen LogP contribution is 2.43. The van der Waals surface area contributed by atoms with Crippen LogP contribution in [0.2, 0.25) is 0 Å². The lowest BCUT2D eigenvalue weighted by Crippen LogP contribution is -2.32. The van der Waals surface area contributed by atoms with Crippen molar-refractivity contribution in [3.05, 3.63) is 52.3 Å². The van der Waals surface area contributed by atoms with Crippen molar-refractivity contribution in [1.29, 1.82) is 0 Å². The zero-order valence-electron chi connectivity index (χ0n) is 13.1. The lowest BCUT2D eigenvalue weighted by atomic mass is 9.71. The predicted molar refractivity (Wildman–Crippen MR) is 89.4 cm³/mol. The zero-order valence-corrected chi connectivity index (χ0v) is 13.9. The molecule has 120 valence electrons. The quantitative estimate of drug-likeness (QED) is 0.582. The number of benzene rings is 1. The van der Waals surface area contributed by atoms with Crippen molar-refractivity contribution in [1.82, 2.24) is 0 Å². The number of allylic oxidation sites excluding steroid dienone is 1. The van der Waals surface area contributed by atoms with Gasteiger partial charge >= 0.3 is 0 Å². The smallest absolute Gasteiger partial charge is 0.237 e. The molecule has 1 heterocycles. The van der Waals surface area contributed by atoms with Crippen LogP contribution >= 0.6 is 11.6 Å². The van der Waals surface area contributed by atoms with Gasteiger partial charge in [-0.15, -0.1) is 11.6 Å². The molecule has 0 unspecified atom stereocenters. The van der Waals surface area contributed by atoms with Gasteiger partial charge in [0.05, 0.1) is 23.1 Å². The Morgan fingerprint density at radius 1 is 1.04 bits per heavy atom. The Morgan fingerprint density at radius 2 is 1.75 bits per heavy atom. The summed E-state index contributed by atoms with van der Waals surface area (Å²) in [6.07, 6.45) is 4.49. The van der Waals surface area contributed by atoms with E-state index in [4.69, 9.17) is 16.0 Å². The maximum Gasteiger partial charge on any atom is 0.237 e. The molecule has 0 spiro atoms. The van der Waals surface area contributed by atoms with Crippen molar-refractivity contribution in [2.45, 2.75) is 25.1 Å². The molecule has 0 aliphatic heterocycles. The maximum absolute atomic E-state index is 12.8. The number of Topliss-reactive ketones (excluding diaryl/α,β-unsaturated/α-hetero) is 2. The van der Waals surface area contributed by atoms with E-state index in [2.05, 4.69) is 0 Å². The molecule has 4 nitrogen and oxygen atoms in total. The molecule has 0 saturated carbocycles. The highest BCUT2D eigenvalue weighted by atomic mass is 35.5. The van der Waals surface area contributed by atoms with Crippen molar-refractivity contribution in [2.75, 3.05) is 0 Å². The molecule has 2 aromatic rings. The monoisotopic (exact) mass is 340 g/mol. The first-order valence-electron chi connectivity index (χ1n) is 7.53. The number of hydrogen-bond acceptors (Lipinski definition) is 4. The standard InChI is InChI=1S/C19H13ClO4/c1-19(2)12-5-3-11-15(10(12)4-6-13(19)21)17(23)16(22)14-9(7-20)8-24-18(11)14/h3-6,8H,7H2,1-2H3. The summed E-state index contributed by atoms with van der Waals surface area (Å²) in [5, 5.41) is 0. The molecule has 0 atom stereocenters. The van der Waals surface area contributed by atoms with Crippen LogP contribution in [0, 0.1) is 0 Å². The lowest BCUT2D eigenvalue weighted by Gasteiger charge is -2.30. The second-order valence-electron chi connectivity index (χ2n) is 6.53. The fourth-order valence-corrected chi connectivity index (χ4v) is 3.63. The molecule has 0 saturated heterocycles. The highest BCUT2D eigenvalue weighted by molar-refractivity contribution is 6.53. The molecule has 0 radical (unpaired) electrons. The van der Waals surface area contributed by atoms with Gasteiger partial charge in [0.15, 0.2) is 5.78 Å². The van der Waals surface area contributed by atoms with Gasteiger partial charge in [-0.2, -0.15) is 0 Å². The molecule has 2 aliphatic carbocycles. The van der Waals surface area contributed by atoms with E-state index in [-0.39, 0.29) is 17.2 Å². The average Bonchev–Trinajstić information content (AvgIpc) is 2.99. The number of carbonyl (C=O) groups is 3. The molecular weight excluding hydrogens is 328 g/mol. The van der Waals surface area contributed by atoms with Crippen LogP contribution in [0.15, 0.2) is 28.9 Å². The summed E-state index contributed by atoms with van der Waals surface area (Å²) in [5.41, 5.74) is 2.24. The summed E-state index contributed by atoms with van der Waals surface area (Å²) in [6.45, 7) is 3.62. The molecule has 4 rings (SSSR count). The van der Waals surface area contributed by atoms with Crippen molar-refractivity contribution >= 4 is 35.0 Å². The van der Waals surface area contributed by atoms with E-state index in [0.29, 0.717) is 28.0 Å². The molecule has 0 bridgehead atoms. The second-order valence-corrected chi connectivity index (χ2v) is 6.80. The topological polar surface area (TPSA) is 64.3 Å². The third-order valence-electron chi connectivity index (χ3n) is 4.85. The Balaban J connectivity index is 2.08. The third kappa shape index (κ3) is 1.72. The fourth-order valence-electron chi connectivity index (χ4n) is 3.44. The SMILES string of the molecule is CC1(C)C(=O)C=Cc2c1ccc1c2C(=O)C(=O)c2c(CCl)coc2-1. The van der Waals surface area contributed by atoms with E-state index in [0.717, 1.165) is 5.56 Å². The van der Waals surface area contributed by atoms with Gasteiger partial charge in [0.25, 0.3) is 0 Å². The molecule has 0 N–H and O–H groups in total. The van der Waals surface area contributed by atoms with Crippen LogP contribution in [0.3, 0.4) is 0 Å². The minimum absolute atomic E-state index is 0.0346. The Morgan fingerprint density at radius 3 is 2.46 bits per heavy atom. The van der Waals surface area contributed by atoms with Crippen LogP contribution in [0.1, 0.15) is 51.3 Å². The normalized spacial score (nSPS) is 17.5. The van der Waals surface area contributed by atoms with Crippen molar-refractivity contribution < 1.29 is 18.8 Å². The summed E-state index contributed by atoms with van der Waals surface area (Å²) < 4.78 is 5.54. The van der Waals surface area contributed by atoms with Gasteiger partial charge in [-0.3, -0.25) is 14.4 Å². The van der Waals surface area contributed by atoms with Crippen LogP contribution in [0.25, 0.3) is 17.4 Å². The van der Waals surface area contributed by atoms with E-state index in [9.17, 15) is 14.4 Å². The van der Waals surface area contributed by atoms with Crippen molar-refractivity contribution in [2.24, 2.45) is 0 Å². The number of alkyl halides is 1. The van der Waals surface area contributed by atoms with Crippen LogP contribution in [0.4, 0.5) is 0 Å². The average molecular weight is 341 g/mol. The third-order valence-corrected chi connectivity index (χ3v) is 5.14. The molecule has 2 aliphatic rings. The maximum atomic E-state index is 12.8. The van der Waals surface area contributed by atoms with Crippen molar-refractivity contribution in [3.63, 3.8) is 0 Å². The van der Waals surface area contributed by atoms with Crippen LogP contribution < -0.4 is 0 Å². The number of furan rings is 1. The van der Waals surface area contributed by atoms with Gasteiger partial charge in [-0.25, -0.2) is 0 Å². The molecule has 0 fully saturated rings. The summed E-state index contributed by atoms with van der Waals surface area (Å²) in [6, 6.07) is 3.57. The Kier molecular flexibility index (Phi) is 3.00. The predicted octanol–water partition coefficient (Wildman–Crippen LogP) is 3.94. The van der Waals surface area contributed by atoms with E-state index >= 15 is 0 Å².